The number of aryl methyl sites for hydroxylation is 1. The average Bonchev–Trinajstić information content (AvgIpc) is 3.20. The summed E-state index contributed by atoms with van der Waals surface area (Å²) in [5, 5.41) is 0. The highest BCUT2D eigenvalue weighted by Crippen LogP contribution is 2.10. The standard InChI is InChI=1S/C18H19N3O5/c1-13-4-5-14(11-19-13)18(24)26-12-16(22)20-6-8-21(9-7-20)17(23)15-3-2-10-25-15/h2-5,10-11H,6-9,12H2,1H3. The monoisotopic (exact) mass is 357 g/mol. The summed E-state index contributed by atoms with van der Waals surface area (Å²) in [7, 11) is 0. The van der Waals surface area contributed by atoms with Gasteiger partial charge in [-0.25, -0.2) is 4.79 Å². The Morgan fingerprint density at radius 1 is 1.12 bits per heavy atom. The summed E-state index contributed by atoms with van der Waals surface area (Å²) in [6.45, 7) is 3.06. The van der Waals surface area contributed by atoms with E-state index in [1.165, 1.54) is 12.5 Å². The third kappa shape index (κ3) is 4.08. The van der Waals surface area contributed by atoms with Gasteiger partial charge in [0.2, 0.25) is 0 Å². The van der Waals surface area contributed by atoms with Gasteiger partial charge in [-0.05, 0) is 31.2 Å². The normalized spacial score (nSPS) is 14.2. The fourth-order valence-electron chi connectivity index (χ4n) is 2.61. The lowest BCUT2D eigenvalue weighted by Gasteiger charge is -2.34. The maximum Gasteiger partial charge on any atom is 0.340 e. The van der Waals surface area contributed by atoms with Crippen LogP contribution in [0.5, 0.6) is 0 Å². The van der Waals surface area contributed by atoms with Gasteiger partial charge in [-0.3, -0.25) is 14.6 Å². The molecule has 1 saturated heterocycles. The second-order valence-electron chi connectivity index (χ2n) is 5.91. The van der Waals surface area contributed by atoms with Gasteiger partial charge in [-0.1, -0.05) is 0 Å². The Balaban J connectivity index is 1.45. The molecule has 8 heteroatoms. The van der Waals surface area contributed by atoms with E-state index in [9.17, 15) is 14.4 Å². The maximum atomic E-state index is 12.2. The first-order valence-corrected chi connectivity index (χ1v) is 8.25. The molecule has 1 fully saturated rings. The number of rotatable bonds is 4. The number of piperazine rings is 1. The van der Waals surface area contributed by atoms with Gasteiger partial charge in [-0.15, -0.1) is 0 Å². The van der Waals surface area contributed by atoms with Crippen molar-refractivity contribution in [3.8, 4) is 0 Å². The van der Waals surface area contributed by atoms with Crippen LogP contribution in [0.4, 0.5) is 0 Å². The van der Waals surface area contributed by atoms with E-state index in [1.54, 1.807) is 34.1 Å². The van der Waals surface area contributed by atoms with E-state index in [0.29, 0.717) is 31.7 Å². The van der Waals surface area contributed by atoms with Gasteiger partial charge in [0.05, 0.1) is 11.8 Å². The van der Waals surface area contributed by atoms with Crippen molar-refractivity contribution in [3.05, 3.63) is 53.7 Å². The second-order valence-corrected chi connectivity index (χ2v) is 5.91. The van der Waals surface area contributed by atoms with Crippen molar-refractivity contribution in [2.24, 2.45) is 0 Å². The lowest BCUT2D eigenvalue weighted by molar-refractivity contribution is -0.136. The molecular weight excluding hydrogens is 338 g/mol. The van der Waals surface area contributed by atoms with Gasteiger partial charge in [0, 0.05) is 38.1 Å². The number of esters is 1. The molecule has 0 spiro atoms. The molecule has 0 bridgehead atoms. The number of aromatic nitrogens is 1. The quantitative estimate of drug-likeness (QED) is 0.762. The summed E-state index contributed by atoms with van der Waals surface area (Å²) in [4.78, 5) is 43.5. The third-order valence-corrected chi connectivity index (χ3v) is 4.13. The number of hydrogen-bond acceptors (Lipinski definition) is 6. The molecule has 2 aromatic rings. The zero-order valence-corrected chi connectivity index (χ0v) is 14.4. The summed E-state index contributed by atoms with van der Waals surface area (Å²) in [6.07, 6.45) is 2.87. The van der Waals surface area contributed by atoms with Crippen LogP contribution < -0.4 is 0 Å². The summed E-state index contributed by atoms with van der Waals surface area (Å²) in [5.74, 6) is -0.785. The second kappa shape index (κ2) is 7.81. The Morgan fingerprint density at radius 3 is 2.46 bits per heavy atom. The van der Waals surface area contributed by atoms with Crippen molar-refractivity contribution < 1.29 is 23.5 Å². The molecule has 0 unspecified atom stereocenters. The molecular formula is C18H19N3O5. The minimum Gasteiger partial charge on any atom is -0.459 e. The fourth-order valence-corrected chi connectivity index (χ4v) is 2.61. The average molecular weight is 357 g/mol. The Hall–Kier alpha value is -3.16. The molecule has 3 rings (SSSR count). The van der Waals surface area contributed by atoms with Crippen molar-refractivity contribution in [1.82, 2.24) is 14.8 Å². The van der Waals surface area contributed by atoms with E-state index in [2.05, 4.69) is 4.98 Å². The number of carbonyl (C=O) groups is 3. The lowest BCUT2D eigenvalue weighted by atomic mass is 10.2. The first-order chi connectivity index (χ1) is 12.5. The molecule has 0 aliphatic carbocycles. The van der Waals surface area contributed by atoms with Crippen molar-refractivity contribution in [3.63, 3.8) is 0 Å². The zero-order valence-electron chi connectivity index (χ0n) is 14.4. The van der Waals surface area contributed by atoms with Gasteiger partial charge in [0.15, 0.2) is 12.4 Å². The molecule has 0 atom stereocenters. The Bertz CT molecular complexity index is 778. The maximum absolute atomic E-state index is 12.2. The van der Waals surface area contributed by atoms with Gasteiger partial charge in [0.1, 0.15) is 0 Å². The number of hydrogen-bond donors (Lipinski definition) is 0. The number of pyridine rings is 1. The van der Waals surface area contributed by atoms with Crippen LogP contribution in [-0.4, -0.2) is 65.4 Å². The first kappa shape index (κ1) is 17.7. The topological polar surface area (TPSA) is 93.0 Å². The molecule has 2 aromatic heterocycles. The van der Waals surface area contributed by atoms with Crippen LogP contribution in [0.15, 0.2) is 41.1 Å². The molecule has 136 valence electrons. The zero-order chi connectivity index (χ0) is 18.5. The number of carbonyl (C=O) groups excluding carboxylic acids is 3. The van der Waals surface area contributed by atoms with Gasteiger partial charge in [0.25, 0.3) is 11.8 Å². The van der Waals surface area contributed by atoms with E-state index >= 15 is 0 Å². The van der Waals surface area contributed by atoms with Gasteiger partial charge in [-0.2, -0.15) is 0 Å². The number of ether oxygens (including phenoxy) is 1. The minimum atomic E-state index is -0.586. The molecule has 8 nitrogen and oxygen atoms in total. The van der Waals surface area contributed by atoms with Crippen LogP contribution in [0.25, 0.3) is 0 Å². The van der Waals surface area contributed by atoms with Crippen LogP contribution in [-0.2, 0) is 9.53 Å². The van der Waals surface area contributed by atoms with Crippen molar-refractivity contribution in [2.45, 2.75) is 6.92 Å². The number of furan rings is 1. The van der Waals surface area contributed by atoms with Crippen molar-refractivity contribution in [1.29, 1.82) is 0 Å². The van der Waals surface area contributed by atoms with Crippen molar-refractivity contribution >= 4 is 17.8 Å². The molecule has 0 saturated carbocycles. The molecule has 1 aliphatic heterocycles. The predicted octanol–water partition coefficient (Wildman–Crippen LogP) is 1.12. The van der Waals surface area contributed by atoms with E-state index in [-0.39, 0.29) is 24.2 Å². The Labute approximate surface area is 150 Å². The molecule has 0 aromatic carbocycles. The Morgan fingerprint density at radius 2 is 1.85 bits per heavy atom. The van der Waals surface area contributed by atoms with Crippen LogP contribution >= 0.6 is 0 Å². The Kier molecular flexibility index (Phi) is 5.31. The van der Waals surface area contributed by atoms with E-state index in [4.69, 9.17) is 9.15 Å². The molecule has 2 amide bonds. The highest BCUT2D eigenvalue weighted by Gasteiger charge is 2.26. The van der Waals surface area contributed by atoms with Gasteiger partial charge < -0.3 is 19.0 Å². The number of nitrogens with zero attached hydrogens (tertiary/aromatic N) is 3. The highest BCUT2D eigenvalue weighted by molar-refractivity contribution is 5.92. The largest absolute Gasteiger partial charge is 0.459 e. The van der Waals surface area contributed by atoms with E-state index in [1.807, 2.05) is 6.92 Å². The van der Waals surface area contributed by atoms with Crippen LogP contribution in [0.1, 0.15) is 26.6 Å². The molecule has 3 heterocycles. The SMILES string of the molecule is Cc1ccc(C(=O)OCC(=O)N2CCN(C(=O)c3ccco3)CC2)cn1. The summed E-state index contributed by atoms with van der Waals surface area (Å²) >= 11 is 0. The summed E-state index contributed by atoms with van der Waals surface area (Å²) in [6, 6.07) is 6.58. The van der Waals surface area contributed by atoms with E-state index in [0.717, 1.165) is 5.69 Å². The van der Waals surface area contributed by atoms with Crippen LogP contribution in [0, 0.1) is 6.92 Å². The minimum absolute atomic E-state index is 0.194. The smallest absolute Gasteiger partial charge is 0.340 e. The lowest BCUT2D eigenvalue weighted by Crippen LogP contribution is -2.51. The predicted molar refractivity (Wildman–Crippen MR) is 90.4 cm³/mol. The van der Waals surface area contributed by atoms with Crippen LogP contribution in [0.2, 0.25) is 0 Å². The van der Waals surface area contributed by atoms with E-state index < -0.39 is 5.97 Å². The third-order valence-electron chi connectivity index (χ3n) is 4.13. The molecule has 0 N–H and O–H groups in total. The molecule has 26 heavy (non-hydrogen) atoms. The molecule has 0 radical (unpaired) electrons. The summed E-state index contributed by atoms with van der Waals surface area (Å²) in [5.41, 5.74) is 1.09. The van der Waals surface area contributed by atoms with Crippen LogP contribution in [0.3, 0.4) is 0 Å². The fraction of sp³-hybridized carbons (Fsp3) is 0.333. The molecule has 1 aliphatic rings. The highest BCUT2D eigenvalue weighted by atomic mass is 16.5. The number of amides is 2. The van der Waals surface area contributed by atoms with Gasteiger partial charge >= 0.3 is 5.97 Å². The summed E-state index contributed by atoms with van der Waals surface area (Å²) < 4.78 is 10.2. The first-order valence-electron chi connectivity index (χ1n) is 8.25. The van der Waals surface area contributed by atoms with Crippen molar-refractivity contribution in [2.75, 3.05) is 32.8 Å².